The highest BCUT2D eigenvalue weighted by molar-refractivity contribution is 5.79. The summed E-state index contributed by atoms with van der Waals surface area (Å²) in [6, 6.07) is -0.563. The van der Waals surface area contributed by atoms with E-state index < -0.39 is 11.9 Å². The molecule has 1 unspecified atom stereocenters. The molecule has 0 heterocycles. The molecule has 0 aliphatic rings. The van der Waals surface area contributed by atoms with E-state index in [1.54, 1.807) is 6.08 Å². The van der Waals surface area contributed by atoms with Crippen LogP contribution in [0.4, 0.5) is 0 Å². The predicted octanol–water partition coefficient (Wildman–Crippen LogP) is -0.625. The highest BCUT2D eigenvalue weighted by Gasteiger charge is 2.04. The largest absolute Gasteiger partial charge is 0.368 e. The number of rotatable bonds is 3. The predicted molar refractivity (Wildman–Crippen MR) is 32.0 cm³/mol. The smallest absolute Gasteiger partial charge is 0.234 e. The number of primary amides is 1. The molecule has 0 rings (SSSR count). The number of nitrogens with two attached hydrogens (primary N) is 2. The Kier molecular flexibility index (Phi) is 2.88. The Hall–Kier alpha value is -0.830. The van der Waals surface area contributed by atoms with Gasteiger partial charge in [0, 0.05) is 0 Å². The summed E-state index contributed by atoms with van der Waals surface area (Å²) in [5, 5.41) is 0. The highest BCUT2D eigenvalue weighted by atomic mass is 16.1. The number of hydrogen-bond donors (Lipinski definition) is 2. The van der Waals surface area contributed by atoms with Crippen LogP contribution in [0, 0.1) is 0 Å². The van der Waals surface area contributed by atoms with Gasteiger partial charge in [0.25, 0.3) is 0 Å². The average molecular weight is 114 g/mol. The van der Waals surface area contributed by atoms with Crippen LogP contribution in [0.3, 0.4) is 0 Å². The zero-order chi connectivity index (χ0) is 6.57. The van der Waals surface area contributed by atoms with E-state index >= 15 is 0 Å². The Morgan fingerprint density at radius 2 is 2.38 bits per heavy atom. The molecule has 1 amide bonds. The molecule has 8 heavy (non-hydrogen) atoms. The Labute approximate surface area is 48.4 Å². The van der Waals surface area contributed by atoms with Crippen LogP contribution in [-0.2, 0) is 4.79 Å². The van der Waals surface area contributed by atoms with Crippen LogP contribution in [0.5, 0.6) is 0 Å². The quantitative estimate of drug-likeness (QED) is 0.480. The summed E-state index contributed by atoms with van der Waals surface area (Å²) < 4.78 is 0. The molecular formula is C5H10N2O. The van der Waals surface area contributed by atoms with Gasteiger partial charge in [-0.15, -0.1) is 6.58 Å². The van der Waals surface area contributed by atoms with Crippen molar-refractivity contribution in [3.63, 3.8) is 0 Å². The summed E-state index contributed by atoms with van der Waals surface area (Å²) in [6.07, 6.45) is 2.02. The first kappa shape index (κ1) is 7.17. The molecule has 4 N–H and O–H groups in total. The zero-order valence-corrected chi connectivity index (χ0v) is 4.63. The molecule has 3 heteroatoms. The molecule has 0 spiro atoms. The lowest BCUT2D eigenvalue weighted by Crippen LogP contribution is -2.35. The summed E-state index contributed by atoms with van der Waals surface area (Å²) in [7, 11) is 0. The maximum atomic E-state index is 10.1. The number of hydrogen-bond acceptors (Lipinski definition) is 2. The molecule has 0 saturated heterocycles. The second-order valence-corrected chi connectivity index (χ2v) is 1.53. The van der Waals surface area contributed by atoms with Gasteiger partial charge in [0.1, 0.15) is 0 Å². The minimum absolute atomic E-state index is 0.454. The Bertz CT molecular complexity index is 101. The van der Waals surface area contributed by atoms with Gasteiger partial charge in [-0.25, -0.2) is 0 Å². The van der Waals surface area contributed by atoms with Crippen molar-refractivity contribution in [3.8, 4) is 0 Å². The van der Waals surface area contributed by atoms with E-state index in [4.69, 9.17) is 11.5 Å². The minimum Gasteiger partial charge on any atom is -0.368 e. The van der Waals surface area contributed by atoms with Crippen LogP contribution in [0.25, 0.3) is 0 Å². The topological polar surface area (TPSA) is 69.1 Å². The van der Waals surface area contributed by atoms with Crippen LogP contribution in [-0.4, -0.2) is 11.9 Å². The van der Waals surface area contributed by atoms with Gasteiger partial charge in [-0.05, 0) is 6.42 Å². The van der Waals surface area contributed by atoms with Gasteiger partial charge in [-0.1, -0.05) is 6.08 Å². The Balaban J connectivity index is 3.46. The molecule has 3 nitrogen and oxygen atoms in total. The fourth-order valence-electron chi connectivity index (χ4n) is 0.296. The van der Waals surface area contributed by atoms with E-state index in [1.807, 2.05) is 0 Å². The molecule has 0 fully saturated rings. The Morgan fingerprint density at radius 1 is 1.88 bits per heavy atom. The van der Waals surface area contributed by atoms with E-state index in [0.29, 0.717) is 6.42 Å². The first-order valence-corrected chi connectivity index (χ1v) is 2.34. The molecular weight excluding hydrogens is 104 g/mol. The fraction of sp³-hybridized carbons (Fsp3) is 0.400. The molecule has 46 valence electrons. The van der Waals surface area contributed by atoms with Crippen molar-refractivity contribution in [1.29, 1.82) is 0 Å². The zero-order valence-electron chi connectivity index (χ0n) is 4.63. The van der Waals surface area contributed by atoms with E-state index in [-0.39, 0.29) is 0 Å². The number of amides is 1. The summed E-state index contributed by atoms with van der Waals surface area (Å²) in [5.41, 5.74) is 9.99. The molecule has 0 aliphatic heterocycles. The molecule has 0 aliphatic carbocycles. The molecule has 0 saturated carbocycles. The number of carbonyl (C=O) groups is 1. The monoisotopic (exact) mass is 114 g/mol. The third-order valence-corrected chi connectivity index (χ3v) is 0.786. The van der Waals surface area contributed by atoms with E-state index in [1.165, 1.54) is 0 Å². The van der Waals surface area contributed by atoms with Crippen molar-refractivity contribution in [3.05, 3.63) is 12.7 Å². The van der Waals surface area contributed by atoms with Crippen molar-refractivity contribution in [2.45, 2.75) is 12.5 Å². The summed E-state index contributed by atoms with van der Waals surface area (Å²) >= 11 is 0. The van der Waals surface area contributed by atoms with Gasteiger partial charge in [-0.2, -0.15) is 0 Å². The van der Waals surface area contributed by atoms with Crippen molar-refractivity contribution in [1.82, 2.24) is 0 Å². The van der Waals surface area contributed by atoms with Crippen LogP contribution in [0.2, 0.25) is 0 Å². The number of carbonyl (C=O) groups excluding carboxylic acids is 1. The lowest BCUT2D eigenvalue weighted by molar-refractivity contribution is -0.119. The summed E-state index contributed by atoms with van der Waals surface area (Å²) in [6.45, 7) is 3.40. The SMILES string of the molecule is C=CCC(N)C(N)=O. The molecule has 0 radical (unpaired) electrons. The first-order valence-electron chi connectivity index (χ1n) is 2.34. The van der Waals surface area contributed by atoms with Crippen molar-refractivity contribution < 1.29 is 4.79 Å². The molecule has 0 bridgehead atoms. The van der Waals surface area contributed by atoms with Gasteiger partial charge < -0.3 is 11.5 Å². The standard InChI is InChI=1S/C5H10N2O/c1-2-3-4(6)5(7)8/h2,4H,1,3,6H2,(H2,7,8). The maximum Gasteiger partial charge on any atom is 0.234 e. The highest BCUT2D eigenvalue weighted by Crippen LogP contribution is 1.84. The van der Waals surface area contributed by atoms with Gasteiger partial charge >= 0.3 is 0 Å². The minimum atomic E-state index is -0.563. The second kappa shape index (κ2) is 3.21. The van der Waals surface area contributed by atoms with Gasteiger partial charge in [0.05, 0.1) is 6.04 Å². The Morgan fingerprint density at radius 3 is 2.50 bits per heavy atom. The lowest BCUT2D eigenvalue weighted by Gasteiger charge is -1.99. The lowest BCUT2D eigenvalue weighted by atomic mass is 10.2. The van der Waals surface area contributed by atoms with Gasteiger partial charge in [-0.3, -0.25) is 4.79 Å². The molecule has 1 atom stereocenters. The van der Waals surface area contributed by atoms with E-state index in [0.717, 1.165) is 0 Å². The van der Waals surface area contributed by atoms with E-state index in [2.05, 4.69) is 6.58 Å². The van der Waals surface area contributed by atoms with Gasteiger partial charge in [0.15, 0.2) is 0 Å². The third kappa shape index (κ3) is 2.36. The maximum absolute atomic E-state index is 10.1. The van der Waals surface area contributed by atoms with Gasteiger partial charge in [0.2, 0.25) is 5.91 Å². The summed E-state index contributed by atoms with van der Waals surface area (Å²) in [4.78, 5) is 10.1. The normalized spacial score (nSPS) is 12.6. The first-order chi connectivity index (χ1) is 3.68. The van der Waals surface area contributed by atoms with Crippen LogP contribution in [0.15, 0.2) is 12.7 Å². The van der Waals surface area contributed by atoms with Crippen LogP contribution < -0.4 is 11.5 Å². The van der Waals surface area contributed by atoms with E-state index in [9.17, 15) is 4.79 Å². The van der Waals surface area contributed by atoms with Crippen molar-refractivity contribution in [2.75, 3.05) is 0 Å². The van der Waals surface area contributed by atoms with Crippen molar-refractivity contribution >= 4 is 5.91 Å². The third-order valence-electron chi connectivity index (χ3n) is 0.786. The molecule has 0 aromatic heterocycles. The van der Waals surface area contributed by atoms with Crippen LogP contribution in [0.1, 0.15) is 6.42 Å². The molecule has 0 aromatic rings. The fourth-order valence-corrected chi connectivity index (χ4v) is 0.296. The molecule has 0 aromatic carbocycles. The van der Waals surface area contributed by atoms with Crippen molar-refractivity contribution in [2.24, 2.45) is 11.5 Å². The average Bonchev–Trinajstić information content (AvgIpc) is 1.67. The second-order valence-electron chi connectivity index (χ2n) is 1.53. The summed E-state index contributed by atoms with van der Waals surface area (Å²) in [5.74, 6) is -0.482. The van der Waals surface area contributed by atoms with Crippen LogP contribution >= 0.6 is 0 Å².